The summed E-state index contributed by atoms with van der Waals surface area (Å²) in [6.45, 7) is 0. The molecule has 3 aliphatic rings. The minimum absolute atomic E-state index is 0.0288. The minimum atomic E-state index is -2.62. The van der Waals surface area contributed by atoms with Crippen LogP contribution in [0.5, 0.6) is 23.0 Å². The van der Waals surface area contributed by atoms with Gasteiger partial charge in [-0.3, -0.25) is 14.4 Å². The number of ether oxygens (including phenoxy) is 3. The maximum atomic E-state index is 13.8. The summed E-state index contributed by atoms with van der Waals surface area (Å²) in [5.41, 5.74) is 3.07. The summed E-state index contributed by atoms with van der Waals surface area (Å²) in [5.74, 6) is -5.71. The quantitative estimate of drug-likeness (QED) is 0.354. The number of ketones is 2. The molecule has 3 atom stereocenters. The third-order valence-electron chi connectivity index (χ3n) is 7.94. The first kappa shape index (κ1) is 26.1. The summed E-state index contributed by atoms with van der Waals surface area (Å²) in [6.07, 6.45) is -0.123. The van der Waals surface area contributed by atoms with Gasteiger partial charge in [-0.05, 0) is 48.1 Å². The second-order valence-electron chi connectivity index (χ2n) is 9.78. The fraction of sp³-hybridized carbons (Fsp3) is 0.321. The maximum absolute atomic E-state index is 13.8. The number of Topliss-reactive ketones (excluding diaryl/α,β-unsaturated/α-hetero) is 2. The highest BCUT2D eigenvalue weighted by Crippen LogP contribution is 2.53. The summed E-state index contributed by atoms with van der Waals surface area (Å²) in [4.78, 5) is 38.7. The molecule has 3 aliphatic carbocycles. The van der Waals surface area contributed by atoms with Crippen LogP contribution < -0.4 is 19.9 Å². The lowest BCUT2D eigenvalue weighted by Gasteiger charge is -2.45. The third-order valence-corrected chi connectivity index (χ3v) is 7.94. The van der Waals surface area contributed by atoms with E-state index in [4.69, 9.17) is 19.9 Å². The van der Waals surface area contributed by atoms with E-state index in [-0.39, 0.29) is 36.1 Å². The standard InChI is InChI=1S/C28H27NO10/c1-37-18-7-5-14(23(38-2)24(18)39-3)13-4-6-16(30)20-15(13)9-11-8-12-10-17(31)21(27(29)35)26(34)28(12,36)25(33)19(11)22(20)32/h4-7,11-12,30-31,33,36H,8-10H2,1-3H3,(H2,29,35)/t11-,12+,28+/m1/s1. The number of hydrogen-bond donors (Lipinski definition) is 5. The van der Waals surface area contributed by atoms with E-state index in [0.717, 1.165) is 0 Å². The van der Waals surface area contributed by atoms with Gasteiger partial charge in [0.05, 0.1) is 26.9 Å². The van der Waals surface area contributed by atoms with Crippen LogP contribution in [-0.4, -0.2) is 64.8 Å². The van der Waals surface area contributed by atoms with Gasteiger partial charge in [-0.25, -0.2) is 0 Å². The average Bonchev–Trinajstić information content (AvgIpc) is 2.89. The van der Waals surface area contributed by atoms with E-state index in [1.54, 1.807) is 18.2 Å². The molecule has 11 nitrogen and oxygen atoms in total. The Morgan fingerprint density at radius 3 is 2.23 bits per heavy atom. The number of hydrogen-bond acceptors (Lipinski definition) is 10. The van der Waals surface area contributed by atoms with Gasteiger partial charge in [0, 0.05) is 23.5 Å². The van der Waals surface area contributed by atoms with E-state index in [1.807, 2.05) is 0 Å². The summed E-state index contributed by atoms with van der Waals surface area (Å²) in [6, 6.07) is 6.38. The van der Waals surface area contributed by atoms with Gasteiger partial charge in [-0.1, -0.05) is 6.07 Å². The largest absolute Gasteiger partial charge is 0.511 e. The molecule has 0 aromatic heterocycles. The molecule has 39 heavy (non-hydrogen) atoms. The summed E-state index contributed by atoms with van der Waals surface area (Å²) in [5, 5.41) is 43.7. The number of nitrogens with two attached hydrogens (primary N) is 1. The number of methoxy groups -OCH3 is 3. The molecule has 0 fully saturated rings. The SMILES string of the molecule is COc1ccc(-c2ccc(O)c3c2C[C@H]2C[C@H]4CC(O)=C(C(N)=O)C(=O)[C@@]4(O)C(O)=C2C3=O)c(OC)c1OC. The molecule has 11 heteroatoms. The van der Waals surface area contributed by atoms with Crippen LogP contribution in [0.15, 0.2) is 46.9 Å². The van der Waals surface area contributed by atoms with Crippen LogP contribution in [0.1, 0.15) is 28.8 Å². The molecule has 2 aromatic rings. The molecule has 1 amide bonds. The summed E-state index contributed by atoms with van der Waals surface area (Å²) >= 11 is 0. The molecule has 5 rings (SSSR count). The van der Waals surface area contributed by atoms with Crippen molar-refractivity contribution in [3.63, 3.8) is 0 Å². The highest BCUT2D eigenvalue weighted by Gasteiger charge is 2.59. The average molecular weight is 538 g/mol. The Kier molecular flexibility index (Phi) is 6.06. The van der Waals surface area contributed by atoms with Crippen molar-refractivity contribution in [3.8, 4) is 34.1 Å². The van der Waals surface area contributed by atoms with Crippen LogP contribution in [0, 0.1) is 11.8 Å². The van der Waals surface area contributed by atoms with Gasteiger partial charge in [0.25, 0.3) is 5.91 Å². The molecule has 6 N–H and O–H groups in total. The van der Waals surface area contributed by atoms with Crippen LogP contribution in [0.3, 0.4) is 0 Å². The van der Waals surface area contributed by atoms with Gasteiger partial charge in [-0.15, -0.1) is 0 Å². The number of phenols is 1. The fourth-order valence-electron chi connectivity index (χ4n) is 6.18. The normalized spacial score (nSPS) is 24.1. The smallest absolute Gasteiger partial charge is 0.255 e. The number of carbonyl (C=O) groups excluding carboxylic acids is 3. The molecule has 0 radical (unpaired) electrons. The number of phenolic OH excluding ortho intramolecular Hbond substituents is 1. The second-order valence-corrected chi connectivity index (χ2v) is 9.78. The minimum Gasteiger partial charge on any atom is -0.511 e. The van der Waals surface area contributed by atoms with Gasteiger partial charge in [0.2, 0.25) is 11.5 Å². The summed E-state index contributed by atoms with van der Waals surface area (Å²) in [7, 11) is 4.40. The van der Waals surface area contributed by atoms with E-state index in [9.17, 15) is 34.8 Å². The molecule has 0 saturated heterocycles. The Hall–Kier alpha value is -4.51. The van der Waals surface area contributed by atoms with Gasteiger partial charge in [0.1, 0.15) is 22.8 Å². The monoisotopic (exact) mass is 537 g/mol. The van der Waals surface area contributed by atoms with Crippen molar-refractivity contribution >= 4 is 17.5 Å². The zero-order valence-electron chi connectivity index (χ0n) is 21.4. The molecular weight excluding hydrogens is 510 g/mol. The molecule has 0 bridgehead atoms. The first-order chi connectivity index (χ1) is 18.5. The number of aromatic hydroxyl groups is 1. The second kappa shape index (κ2) is 9.05. The van der Waals surface area contributed by atoms with Crippen LogP contribution in [0.25, 0.3) is 11.1 Å². The molecule has 0 unspecified atom stereocenters. The van der Waals surface area contributed by atoms with Crippen molar-refractivity contribution in [2.24, 2.45) is 17.6 Å². The van der Waals surface area contributed by atoms with Crippen LogP contribution in [-0.2, 0) is 16.0 Å². The lowest BCUT2D eigenvalue weighted by atomic mass is 9.60. The number of rotatable bonds is 5. The maximum Gasteiger partial charge on any atom is 0.255 e. The van der Waals surface area contributed by atoms with Gasteiger partial charge < -0.3 is 40.4 Å². The van der Waals surface area contributed by atoms with Crippen LogP contribution in [0.2, 0.25) is 0 Å². The Morgan fingerprint density at radius 2 is 1.62 bits per heavy atom. The Morgan fingerprint density at radius 1 is 0.949 bits per heavy atom. The number of allylic oxidation sites excluding steroid dienone is 2. The van der Waals surface area contributed by atoms with Crippen LogP contribution in [0.4, 0.5) is 0 Å². The number of primary amides is 1. The molecular formula is C28H27NO10. The number of benzene rings is 2. The molecule has 0 aliphatic heterocycles. The third kappa shape index (κ3) is 3.49. The topological polar surface area (TPSA) is 186 Å². The number of fused-ring (bicyclic) bond motifs is 3. The highest BCUT2D eigenvalue weighted by molar-refractivity contribution is 6.24. The number of amides is 1. The predicted molar refractivity (Wildman–Crippen MR) is 136 cm³/mol. The van der Waals surface area contributed by atoms with Crippen LogP contribution >= 0.6 is 0 Å². The first-order valence-electron chi connectivity index (χ1n) is 12.1. The Balaban J connectivity index is 1.70. The lowest BCUT2D eigenvalue weighted by molar-refractivity contribution is -0.144. The number of aliphatic hydroxyl groups excluding tert-OH is 2. The Labute approximate surface area is 222 Å². The molecule has 0 heterocycles. The Bertz CT molecular complexity index is 1520. The van der Waals surface area contributed by atoms with E-state index in [1.165, 1.54) is 27.4 Å². The first-order valence-corrected chi connectivity index (χ1v) is 12.1. The fourth-order valence-corrected chi connectivity index (χ4v) is 6.18. The zero-order chi connectivity index (χ0) is 28.4. The van der Waals surface area contributed by atoms with Gasteiger partial charge >= 0.3 is 0 Å². The van der Waals surface area contributed by atoms with Crippen molar-refractivity contribution < 1.29 is 49.0 Å². The zero-order valence-corrected chi connectivity index (χ0v) is 21.4. The van der Waals surface area contributed by atoms with Crippen molar-refractivity contribution in [3.05, 3.63) is 58.1 Å². The van der Waals surface area contributed by atoms with Gasteiger partial charge in [0.15, 0.2) is 22.9 Å². The van der Waals surface area contributed by atoms with Gasteiger partial charge in [-0.2, -0.15) is 0 Å². The molecule has 0 saturated carbocycles. The lowest BCUT2D eigenvalue weighted by Crippen LogP contribution is -2.57. The highest BCUT2D eigenvalue weighted by atomic mass is 16.5. The van der Waals surface area contributed by atoms with E-state index in [0.29, 0.717) is 33.9 Å². The molecule has 2 aromatic carbocycles. The van der Waals surface area contributed by atoms with E-state index in [2.05, 4.69) is 0 Å². The van der Waals surface area contributed by atoms with Crippen molar-refractivity contribution in [1.82, 2.24) is 0 Å². The van der Waals surface area contributed by atoms with E-state index < -0.39 is 52.0 Å². The predicted octanol–water partition coefficient (Wildman–Crippen LogP) is 2.27. The van der Waals surface area contributed by atoms with Crippen molar-refractivity contribution in [2.45, 2.75) is 24.9 Å². The summed E-state index contributed by atoms with van der Waals surface area (Å²) < 4.78 is 16.5. The van der Waals surface area contributed by atoms with E-state index >= 15 is 0 Å². The molecule has 0 spiro atoms. The van der Waals surface area contributed by atoms with Crippen molar-refractivity contribution in [2.75, 3.05) is 21.3 Å². The molecule has 204 valence electrons. The number of aliphatic hydroxyl groups is 3. The number of carbonyl (C=O) groups is 3. The van der Waals surface area contributed by atoms with Crippen molar-refractivity contribution in [1.29, 1.82) is 0 Å².